The normalized spacial score (nSPS) is 11.0. The van der Waals surface area contributed by atoms with Crippen molar-refractivity contribution in [3.63, 3.8) is 0 Å². The number of hydrogen-bond donors (Lipinski definition) is 0. The average Bonchev–Trinajstić information content (AvgIpc) is 3.22. The molecule has 0 bridgehead atoms. The maximum atomic E-state index is 5.97. The number of aryl methyl sites for hydroxylation is 2. The number of thioether (sulfide) groups is 1. The quantitative estimate of drug-likeness (QED) is 0.448. The first-order valence-electron chi connectivity index (χ1n) is 7.99. The number of para-hydroxylation sites is 1. The van der Waals surface area contributed by atoms with E-state index in [2.05, 4.69) is 65.2 Å². The van der Waals surface area contributed by atoms with Crippen molar-refractivity contribution in [3.8, 4) is 16.5 Å². The van der Waals surface area contributed by atoms with Gasteiger partial charge in [-0.15, -0.1) is 21.5 Å². The van der Waals surface area contributed by atoms with Crippen LogP contribution in [0, 0.1) is 13.8 Å². The Bertz CT molecular complexity index is 776. The molecule has 0 amide bonds. The van der Waals surface area contributed by atoms with E-state index in [1.807, 2.05) is 6.07 Å². The number of nitrogens with zero attached hydrogens (tertiary/aromatic N) is 3. The molecule has 2 heterocycles. The average molecular weight is 360 g/mol. The Labute approximate surface area is 150 Å². The van der Waals surface area contributed by atoms with E-state index in [0.717, 1.165) is 33.9 Å². The fraction of sp³-hybridized carbons (Fsp3) is 0.333. The summed E-state index contributed by atoms with van der Waals surface area (Å²) in [7, 11) is 0. The summed E-state index contributed by atoms with van der Waals surface area (Å²) in [5, 5.41) is 11.7. The third-order valence-corrected chi connectivity index (χ3v) is 5.54. The SMILES string of the molecule is CCn1c(SCCOc2c(C)cccc2C)nnc1-c1cccs1. The molecule has 0 atom stereocenters. The van der Waals surface area contributed by atoms with E-state index in [9.17, 15) is 0 Å². The second kappa shape index (κ2) is 7.85. The van der Waals surface area contributed by atoms with E-state index in [1.54, 1.807) is 23.1 Å². The molecule has 0 radical (unpaired) electrons. The zero-order valence-electron chi connectivity index (χ0n) is 14.2. The lowest BCUT2D eigenvalue weighted by molar-refractivity contribution is 0.339. The summed E-state index contributed by atoms with van der Waals surface area (Å²) < 4.78 is 8.13. The van der Waals surface area contributed by atoms with E-state index >= 15 is 0 Å². The van der Waals surface area contributed by atoms with E-state index in [0.29, 0.717) is 6.61 Å². The minimum Gasteiger partial charge on any atom is -0.492 e. The summed E-state index contributed by atoms with van der Waals surface area (Å²) in [6.45, 7) is 7.80. The van der Waals surface area contributed by atoms with Gasteiger partial charge in [0, 0.05) is 12.3 Å². The van der Waals surface area contributed by atoms with E-state index in [-0.39, 0.29) is 0 Å². The van der Waals surface area contributed by atoms with Gasteiger partial charge in [0.05, 0.1) is 11.5 Å². The Morgan fingerprint density at radius 2 is 1.92 bits per heavy atom. The number of thiophene rings is 1. The summed E-state index contributed by atoms with van der Waals surface area (Å²) in [6.07, 6.45) is 0. The first-order valence-corrected chi connectivity index (χ1v) is 9.86. The lowest BCUT2D eigenvalue weighted by Gasteiger charge is -2.11. The van der Waals surface area contributed by atoms with Crippen LogP contribution in [0.4, 0.5) is 0 Å². The van der Waals surface area contributed by atoms with Crippen LogP contribution in [0.5, 0.6) is 5.75 Å². The van der Waals surface area contributed by atoms with Crippen LogP contribution in [0.25, 0.3) is 10.7 Å². The van der Waals surface area contributed by atoms with Gasteiger partial charge in [-0.2, -0.15) is 0 Å². The Balaban J connectivity index is 1.61. The van der Waals surface area contributed by atoms with Crippen LogP contribution in [0.2, 0.25) is 0 Å². The van der Waals surface area contributed by atoms with Gasteiger partial charge < -0.3 is 9.30 Å². The monoisotopic (exact) mass is 359 g/mol. The standard InChI is InChI=1S/C18H21N3OS2/c1-4-21-17(15-9-6-11-23-15)19-20-18(21)24-12-10-22-16-13(2)7-5-8-14(16)3/h5-9,11H,4,10,12H2,1-3H3. The molecule has 126 valence electrons. The Morgan fingerprint density at radius 3 is 2.58 bits per heavy atom. The number of rotatable bonds is 7. The Hall–Kier alpha value is -1.79. The van der Waals surface area contributed by atoms with Gasteiger partial charge in [-0.1, -0.05) is 36.0 Å². The molecule has 0 spiro atoms. The van der Waals surface area contributed by atoms with Crippen LogP contribution in [0.3, 0.4) is 0 Å². The molecule has 0 N–H and O–H groups in total. The van der Waals surface area contributed by atoms with Gasteiger partial charge in [-0.25, -0.2) is 0 Å². The minimum absolute atomic E-state index is 0.654. The van der Waals surface area contributed by atoms with Gasteiger partial charge >= 0.3 is 0 Å². The van der Waals surface area contributed by atoms with Crippen molar-refractivity contribution in [1.82, 2.24) is 14.8 Å². The topological polar surface area (TPSA) is 39.9 Å². The van der Waals surface area contributed by atoms with Crippen molar-refractivity contribution in [3.05, 3.63) is 46.8 Å². The summed E-state index contributed by atoms with van der Waals surface area (Å²) in [5.41, 5.74) is 2.36. The van der Waals surface area contributed by atoms with Gasteiger partial charge in [0.15, 0.2) is 11.0 Å². The van der Waals surface area contributed by atoms with Crippen molar-refractivity contribution in [1.29, 1.82) is 0 Å². The van der Waals surface area contributed by atoms with Gasteiger partial charge in [0.25, 0.3) is 0 Å². The molecule has 24 heavy (non-hydrogen) atoms. The van der Waals surface area contributed by atoms with Crippen molar-refractivity contribution in [2.45, 2.75) is 32.5 Å². The van der Waals surface area contributed by atoms with E-state index in [1.165, 1.54) is 11.1 Å². The second-order valence-corrected chi connectivity index (χ2v) is 7.46. The van der Waals surface area contributed by atoms with Gasteiger partial charge in [0.1, 0.15) is 5.75 Å². The first kappa shape index (κ1) is 17.0. The molecule has 4 nitrogen and oxygen atoms in total. The van der Waals surface area contributed by atoms with Crippen LogP contribution in [0.1, 0.15) is 18.1 Å². The number of hydrogen-bond acceptors (Lipinski definition) is 5. The molecule has 2 aromatic heterocycles. The molecule has 3 aromatic rings. The molecule has 0 unspecified atom stereocenters. The Morgan fingerprint density at radius 1 is 1.12 bits per heavy atom. The van der Waals surface area contributed by atoms with E-state index in [4.69, 9.17) is 4.74 Å². The molecule has 0 aliphatic carbocycles. The maximum absolute atomic E-state index is 5.97. The minimum atomic E-state index is 0.654. The molecular weight excluding hydrogens is 338 g/mol. The van der Waals surface area contributed by atoms with Gasteiger partial charge in [-0.05, 0) is 43.3 Å². The molecular formula is C18H21N3OS2. The molecule has 1 aromatic carbocycles. The number of aromatic nitrogens is 3. The summed E-state index contributed by atoms with van der Waals surface area (Å²) >= 11 is 3.38. The van der Waals surface area contributed by atoms with E-state index < -0.39 is 0 Å². The highest BCUT2D eigenvalue weighted by atomic mass is 32.2. The zero-order valence-corrected chi connectivity index (χ0v) is 15.8. The van der Waals surface area contributed by atoms with Crippen LogP contribution >= 0.6 is 23.1 Å². The van der Waals surface area contributed by atoms with Crippen molar-refractivity contribution >= 4 is 23.1 Å². The van der Waals surface area contributed by atoms with Crippen LogP contribution in [-0.4, -0.2) is 27.1 Å². The van der Waals surface area contributed by atoms with Crippen molar-refractivity contribution in [2.24, 2.45) is 0 Å². The third kappa shape index (κ3) is 3.65. The largest absolute Gasteiger partial charge is 0.492 e. The van der Waals surface area contributed by atoms with Crippen LogP contribution < -0.4 is 4.74 Å². The highest BCUT2D eigenvalue weighted by Crippen LogP contribution is 2.27. The van der Waals surface area contributed by atoms with Crippen LogP contribution in [0.15, 0.2) is 40.9 Å². The zero-order chi connectivity index (χ0) is 16.9. The smallest absolute Gasteiger partial charge is 0.191 e. The summed E-state index contributed by atoms with van der Waals surface area (Å²) in [5.74, 6) is 2.79. The Kier molecular flexibility index (Phi) is 5.58. The molecule has 0 aliphatic rings. The molecule has 0 saturated heterocycles. The second-order valence-electron chi connectivity index (χ2n) is 5.45. The summed E-state index contributed by atoms with van der Waals surface area (Å²) in [6, 6.07) is 10.3. The highest BCUT2D eigenvalue weighted by Gasteiger charge is 2.13. The lowest BCUT2D eigenvalue weighted by atomic mass is 10.1. The van der Waals surface area contributed by atoms with Crippen LogP contribution in [-0.2, 0) is 6.54 Å². The van der Waals surface area contributed by atoms with Gasteiger partial charge in [-0.3, -0.25) is 0 Å². The predicted molar refractivity (Wildman–Crippen MR) is 101 cm³/mol. The molecule has 0 fully saturated rings. The van der Waals surface area contributed by atoms with Gasteiger partial charge in [0.2, 0.25) is 0 Å². The summed E-state index contributed by atoms with van der Waals surface area (Å²) in [4.78, 5) is 1.16. The first-order chi connectivity index (χ1) is 11.7. The fourth-order valence-corrected chi connectivity index (χ4v) is 4.11. The molecule has 0 aliphatic heterocycles. The molecule has 0 saturated carbocycles. The molecule has 6 heteroatoms. The fourth-order valence-electron chi connectivity index (χ4n) is 2.57. The predicted octanol–water partition coefficient (Wildman–Crippen LogP) is 4.81. The third-order valence-electron chi connectivity index (χ3n) is 3.74. The maximum Gasteiger partial charge on any atom is 0.191 e. The molecule has 3 rings (SSSR count). The number of ether oxygens (including phenoxy) is 1. The lowest BCUT2D eigenvalue weighted by Crippen LogP contribution is -2.05. The number of benzene rings is 1. The van der Waals surface area contributed by atoms with Crippen molar-refractivity contribution in [2.75, 3.05) is 12.4 Å². The van der Waals surface area contributed by atoms with Crippen molar-refractivity contribution < 1.29 is 4.74 Å². The highest BCUT2D eigenvalue weighted by molar-refractivity contribution is 7.99.